The zero-order valence-electron chi connectivity index (χ0n) is 9.90. The molecule has 2 aromatic rings. The molecule has 1 unspecified atom stereocenters. The van der Waals surface area contributed by atoms with Crippen molar-refractivity contribution in [1.29, 1.82) is 0 Å². The molecule has 0 amide bonds. The predicted octanol–water partition coefficient (Wildman–Crippen LogP) is 4.40. The second-order valence-corrected chi connectivity index (χ2v) is 6.19. The topological polar surface area (TPSA) is 20.2 Å². The molecular weight excluding hydrogens is 296 g/mol. The first-order valence-electron chi connectivity index (χ1n) is 5.54. The van der Waals surface area contributed by atoms with Crippen molar-refractivity contribution < 1.29 is 5.11 Å². The molecule has 0 aliphatic heterocycles. The number of hydrogen-bond donors (Lipinski definition) is 1. The van der Waals surface area contributed by atoms with Gasteiger partial charge < -0.3 is 5.11 Å². The molecule has 2 rings (SSSR count). The highest BCUT2D eigenvalue weighted by Crippen LogP contribution is 2.28. The number of aryl methyl sites for hydroxylation is 2. The Morgan fingerprint density at radius 2 is 1.88 bits per heavy atom. The van der Waals surface area contributed by atoms with E-state index in [9.17, 15) is 5.11 Å². The van der Waals surface area contributed by atoms with Crippen molar-refractivity contribution in [1.82, 2.24) is 0 Å². The Kier molecular flexibility index (Phi) is 4.02. The van der Waals surface area contributed by atoms with E-state index in [2.05, 4.69) is 48.0 Å². The Balaban J connectivity index is 2.20. The van der Waals surface area contributed by atoms with E-state index in [1.54, 1.807) is 11.3 Å². The minimum atomic E-state index is -0.427. The maximum atomic E-state index is 10.3. The van der Waals surface area contributed by atoms with Crippen LogP contribution in [0, 0.1) is 13.8 Å². The smallest absolute Gasteiger partial charge is 0.0838 e. The van der Waals surface area contributed by atoms with Crippen LogP contribution in [0.15, 0.2) is 34.1 Å². The van der Waals surface area contributed by atoms with E-state index in [4.69, 9.17) is 0 Å². The van der Waals surface area contributed by atoms with Crippen LogP contribution < -0.4 is 0 Å². The molecule has 1 heterocycles. The number of aliphatic hydroxyl groups is 1. The fraction of sp³-hybridized carbons (Fsp3) is 0.286. The van der Waals surface area contributed by atoms with Gasteiger partial charge in [0, 0.05) is 15.8 Å². The predicted molar refractivity (Wildman–Crippen MR) is 76.6 cm³/mol. The summed E-state index contributed by atoms with van der Waals surface area (Å²) in [5.74, 6) is 0. The summed E-state index contributed by atoms with van der Waals surface area (Å²) in [6.07, 6.45) is 0.241. The average Bonchev–Trinajstić information content (AvgIpc) is 2.63. The molecule has 0 bridgehead atoms. The standard InChI is InChI=1S/C14H15BrOS/c1-9-5-10(2)7-11(6-9)13(16)8-14-12(15)3-4-17-14/h3-7,13,16H,8H2,1-2H3. The van der Waals surface area contributed by atoms with Gasteiger partial charge >= 0.3 is 0 Å². The van der Waals surface area contributed by atoms with Gasteiger partial charge in [0.05, 0.1) is 6.10 Å². The summed E-state index contributed by atoms with van der Waals surface area (Å²) in [5.41, 5.74) is 3.40. The Labute approximate surface area is 114 Å². The molecular formula is C14H15BrOS. The Bertz CT molecular complexity index is 498. The van der Waals surface area contributed by atoms with E-state index in [-0.39, 0.29) is 0 Å². The molecule has 0 saturated carbocycles. The third-order valence-corrected chi connectivity index (χ3v) is 4.65. The second-order valence-electron chi connectivity index (χ2n) is 4.33. The second kappa shape index (κ2) is 5.34. The highest BCUT2D eigenvalue weighted by atomic mass is 79.9. The Hall–Kier alpha value is -0.640. The monoisotopic (exact) mass is 310 g/mol. The summed E-state index contributed by atoms with van der Waals surface area (Å²) in [4.78, 5) is 1.19. The quantitative estimate of drug-likeness (QED) is 0.890. The summed E-state index contributed by atoms with van der Waals surface area (Å²) in [6.45, 7) is 4.12. The highest BCUT2D eigenvalue weighted by molar-refractivity contribution is 9.10. The molecule has 3 heteroatoms. The third-order valence-electron chi connectivity index (χ3n) is 2.70. The number of benzene rings is 1. The van der Waals surface area contributed by atoms with E-state index in [1.807, 2.05) is 11.4 Å². The van der Waals surface area contributed by atoms with Gasteiger partial charge in [0.1, 0.15) is 0 Å². The van der Waals surface area contributed by atoms with Crippen LogP contribution in [0.3, 0.4) is 0 Å². The minimum absolute atomic E-state index is 0.427. The lowest BCUT2D eigenvalue weighted by molar-refractivity contribution is 0.179. The van der Waals surface area contributed by atoms with Gasteiger partial charge in [-0.05, 0) is 46.8 Å². The maximum absolute atomic E-state index is 10.3. The molecule has 1 aromatic heterocycles. The molecule has 1 atom stereocenters. The zero-order chi connectivity index (χ0) is 12.4. The molecule has 1 nitrogen and oxygen atoms in total. The molecule has 0 fully saturated rings. The molecule has 90 valence electrons. The fourth-order valence-electron chi connectivity index (χ4n) is 1.97. The van der Waals surface area contributed by atoms with Crippen LogP contribution >= 0.6 is 27.3 Å². The largest absolute Gasteiger partial charge is 0.388 e. The summed E-state index contributed by atoms with van der Waals surface area (Å²) in [5, 5.41) is 12.3. The Morgan fingerprint density at radius 3 is 2.41 bits per heavy atom. The summed E-state index contributed by atoms with van der Waals surface area (Å²) in [6, 6.07) is 8.25. The van der Waals surface area contributed by atoms with Crippen LogP contribution in [0.1, 0.15) is 27.7 Å². The van der Waals surface area contributed by atoms with Gasteiger partial charge in [0.2, 0.25) is 0 Å². The van der Waals surface area contributed by atoms with Crippen molar-refractivity contribution in [3.8, 4) is 0 Å². The Morgan fingerprint density at radius 1 is 1.24 bits per heavy atom. The number of halogens is 1. The molecule has 0 radical (unpaired) electrons. The first kappa shape index (κ1) is 12.8. The van der Waals surface area contributed by atoms with E-state index >= 15 is 0 Å². The highest BCUT2D eigenvalue weighted by Gasteiger charge is 2.12. The maximum Gasteiger partial charge on any atom is 0.0838 e. The van der Waals surface area contributed by atoms with Crippen molar-refractivity contribution >= 4 is 27.3 Å². The van der Waals surface area contributed by atoms with E-state index in [1.165, 1.54) is 16.0 Å². The summed E-state index contributed by atoms with van der Waals surface area (Å²) >= 11 is 5.17. The van der Waals surface area contributed by atoms with Crippen LogP contribution in [-0.2, 0) is 6.42 Å². The molecule has 17 heavy (non-hydrogen) atoms. The molecule has 0 spiro atoms. The van der Waals surface area contributed by atoms with Gasteiger partial charge in [-0.2, -0.15) is 0 Å². The van der Waals surface area contributed by atoms with Crippen molar-refractivity contribution in [2.75, 3.05) is 0 Å². The fourth-order valence-corrected chi connectivity index (χ4v) is 3.52. The lowest BCUT2D eigenvalue weighted by atomic mass is 10.0. The van der Waals surface area contributed by atoms with Gasteiger partial charge in [-0.3, -0.25) is 0 Å². The SMILES string of the molecule is Cc1cc(C)cc(C(O)Cc2sccc2Br)c1. The van der Waals surface area contributed by atoms with E-state index < -0.39 is 6.10 Å². The summed E-state index contributed by atoms with van der Waals surface area (Å²) in [7, 11) is 0. The number of rotatable bonds is 3. The zero-order valence-corrected chi connectivity index (χ0v) is 12.3. The van der Waals surface area contributed by atoms with Crippen molar-refractivity contribution in [2.45, 2.75) is 26.4 Å². The van der Waals surface area contributed by atoms with Crippen LogP contribution in [0.4, 0.5) is 0 Å². The van der Waals surface area contributed by atoms with Crippen LogP contribution in [0.5, 0.6) is 0 Å². The van der Waals surface area contributed by atoms with Crippen LogP contribution in [-0.4, -0.2) is 5.11 Å². The normalized spacial score (nSPS) is 12.7. The lowest BCUT2D eigenvalue weighted by Crippen LogP contribution is -2.01. The molecule has 0 saturated heterocycles. The molecule has 1 N–H and O–H groups in total. The van der Waals surface area contributed by atoms with E-state index in [0.717, 1.165) is 10.0 Å². The van der Waals surface area contributed by atoms with Gasteiger partial charge in [-0.25, -0.2) is 0 Å². The van der Waals surface area contributed by atoms with Crippen molar-refractivity contribution in [3.63, 3.8) is 0 Å². The summed E-state index contributed by atoms with van der Waals surface area (Å²) < 4.78 is 1.09. The van der Waals surface area contributed by atoms with Crippen molar-refractivity contribution in [2.24, 2.45) is 0 Å². The molecule has 1 aromatic carbocycles. The van der Waals surface area contributed by atoms with Gasteiger partial charge in [-0.1, -0.05) is 29.3 Å². The van der Waals surface area contributed by atoms with Gasteiger partial charge in [-0.15, -0.1) is 11.3 Å². The van der Waals surface area contributed by atoms with Crippen LogP contribution in [0.2, 0.25) is 0 Å². The van der Waals surface area contributed by atoms with E-state index in [0.29, 0.717) is 6.42 Å². The van der Waals surface area contributed by atoms with Gasteiger partial charge in [0.15, 0.2) is 0 Å². The van der Waals surface area contributed by atoms with Crippen LogP contribution in [0.25, 0.3) is 0 Å². The van der Waals surface area contributed by atoms with Gasteiger partial charge in [0.25, 0.3) is 0 Å². The molecule has 0 aliphatic rings. The van der Waals surface area contributed by atoms with Crippen molar-refractivity contribution in [3.05, 3.63) is 55.7 Å². The number of hydrogen-bond acceptors (Lipinski definition) is 2. The lowest BCUT2D eigenvalue weighted by Gasteiger charge is -2.12. The first-order valence-corrected chi connectivity index (χ1v) is 7.21. The number of thiophene rings is 1. The first-order chi connectivity index (χ1) is 8.06. The minimum Gasteiger partial charge on any atom is -0.388 e. The number of aliphatic hydroxyl groups excluding tert-OH is 1. The molecule has 0 aliphatic carbocycles. The third kappa shape index (κ3) is 3.18. The average molecular weight is 311 g/mol.